The summed E-state index contributed by atoms with van der Waals surface area (Å²) >= 11 is 3.97. The number of anilines is 1. The number of hydrogen-bond acceptors (Lipinski definition) is 4. The van der Waals surface area contributed by atoms with Gasteiger partial charge in [-0.25, -0.2) is 4.79 Å². The molecule has 0 aliphatic heterocycles. The molecule has 12 heavy (non-hydrogen) atoms. The van der Waals surface area contributed by atoms with Crippen LogP contribution in [-0.2, 0) is 5.75 Å². The molecule has 0 radical (unpaired) electrons. The fraction of sp³-hybridized carbons (Fsp3) is 0.333. The first kappa shape index (κ1) is 8.92. The van der Waals surface area contributed by atoms with Crippen LogP contribution >= 0.6 is 12.6 Å². The summed E-state index contributed by atoms with van der Waals surface area (Å²) in [4.78, 5) is 26.4. The third-order valence-corrected chi connectivity index (χ3v) is 1.74. The zero-order chi connectivity index (χ0) is 9.14. The van der Waals surface area contributed by atoms with Gasteiger partial charge in [0.05, 0.1) is 5.69 Å². The van der Waals surface area contributed by atoms with Gasteiger partial charge in [-0.1, -0.05) is 0 Å². The Morgan fingerprint density at radius 1 is 1.42 bits per heavy atom. The minimum atomic E-state index is -0.511. The van der Waals surface area contributed by atoms with Crippen LogP contribution in [0.4, 0.5) is 5.69 Å². The predicted octanol–water partition coefficient (Wildman–Crippen LogP) is -0.465. The number of hydrogen-bond donors (Lipinski definition) is 4. The van der Waals surface area contributed by atoms with Crippen molar-refractivity contribution in [3.63, 3.8) is 0 Å². The van der Waals surface area contributed by atoms with Crippen LogP contribution < -0.4 is 16.6 Å². The summed E-state index contributed by atoms with van der Waals surface area (Å²) in [5.41, 5.74) is -0.0902. The topological polar surface area (TPSA) is 77.8 Å². The van der Waals surface area contributed by atoms with Crippen molar-refractivity contribution >= 4 is 18.3 Å². The van der Waals surface area contributed by atoms with E-state index < -0.39 is 11.2 Å². The molecule has 0 aromatic carbocycles. The average Bonchev–Trinajstić information content (AvgIpc) is 2.03. The summed E-state index contributed by atoms with van der Waals surface area (Å²) in [6, 6.07) is 0. The molecule has 0 aliphatic rings. The molecule has 1 rings (SSSR count). The zero-order valence-corrected chi connectivity index (χ0v) is 7.37. The Bertz CT molecular complexity index is 381. The first-order valence-corrected chi connectivity index (χ1v) is 3.96. The number of aromatic nitrogens is 2. The van der Waals surface area contributed by atoms with Crippen molar-refractivity contribution in [1.29, 1.82) is 0 Å². The molecule has 66 valence electrons. The predicted molar refractivity (Wildman–Crippen MR) is 49.9 cm³/mol. The van der Waals surface area contributed by atoms with Crippen molar-refractivity contribution in [1.82, 2.24) is 9.97 Å². The molecule has 1 aromatic rings. The van der Waals surface area contributed by atoms with E-state index in [2.05, 4.69) is 27.9 Å². The Labute approximate surface area is 73.6 Å². The first-order valence-electron chi connectivity index (χ1n) is 3.33. The Morgan fingerprint density at radius 3 is 2.58 bits per heavy atom. The molecule has 0 spiro atoms. The second-order valence-corrected chi connectivity index (χ2v) is 2.49. The van der Waals surface area contributed by atoms with E-state index in [-0.39, 0.29) is 0 Å². The Morgan fingerprint density at radius 2 is 2.08 bits per heavy atom. The molecule has 0 unspecified atom stereocenters. The van der Waals surface area contributed by atoms with E-state index in [1.54, 1.807) is 7.05 Å². The van der Waals surface area contributed by atoms with E-state index in [0.29, 0.717) is 17.1 Å². The second-order valence-electron chi connectivity index (χ2n) is 2.17. The lowest BCUT2D eigenvalue weighted by atomic mass is 10.4. The van der Waals surface area contributed by atoms with E-state index >= 15 is 0 Å². The van der Waals surface area contributed by atoms with Gasteiger partial charge in [-0.05, 0) is 0 Å². The molecular weight excluding hydrogens is 178 g/mol. The summed E-state index contributed by atoms with van der Waals surface area (Å²) in [6.45, 7) is 0. The molecule has 0 fully saturated rings. The maximum atomic E-state index is 11.1. The van der Waals surface area contributed by atoms with Crippen LogP contribution in [0.5, 0.6) is 0 Å². The van der Waals surface area contributed by atoms with Gasteiger partial charge in [0.2, 0.25) is 0 Å². The molecule has 6 heteroatoms. The highest BCUT2D eigenvalue weighted by molar-refractivity contribution is 7.79. The molecule has 0 bridgehead atoms. The van der Waals surface area contributed by atoms with Crippen LogP contribution in [0.25, 0.3) is 0 Å². The van der Waals surface area contributed by atoms with Gasteiger partial charge in [0.1, 0.15) is 5.69 Å². The van der Waals surface area contributed by atoms with Gasteiger partial charge in [0.25, 0.3) is 5.56 Å². The van der Waals surface area contributed by atoms with Crippen molar-refractivity contribution in [2.24, 2.45) is 0 Å². The summed E-state index contributed by atoms with van der Waals surface area (Å²) in [5.74, 6) is 0.315. The third-order valence-electron chi connectivity index (χ3n) is 1.43. The molecular formula is C6H9N3O2S. The van der Waals surface area contributed by atoms with E-state index in [0.717, 1.165) is 0 Å². The SMILES string of the molecule is CNc1c(CS)[nH]c(=O)[nH]c1=O. The molecule has 0 atom stereocenters. The lowest BCUT2D eigenvalue weighted by Crippen LogP contribution is -2.26. The van der Waals surface area contributed by atoms with Crippen molar-refractivity contribution in [3.05, 3.63) is 26.5 Å². The lowest BCUT2D eigenvalue weighted by molar-refractivity contribution is 0.989. The van der Waals surface area contributed by atoms with Crippen LogP contribution in [0, 0.1) is 0 Å². The molecule has 0 saturated heterocycles. The van der Waals surface area contributed by atoms with E-state index in [1.165, 1.54) is 0 Å². The number of nitrogens with one attached hydrogen (secondary N) is 3. The number of H-pyrrole nitrogens is 2. The number of thiol groups is 1. The van der Waals surface area contributed by atoms with Gasteiger partial charge < -0.3 is 10.3 Å². The van der Waals surface area contributed by atoms with Crippen molar-refractivity contribution < 1.29 is 0 Å². The van der Waals surface area contributed by atoms with Crippen LogP contribution in [0.1, 0.15) is 5.69 Å². The molecule has 0 saturated carbocycles. The molecule has 0 aliphatic carbocycles. The van der Waals surface area contributed by atoms with Gasteiger partial charge >= 0.3 is 5.69 Å². The monoisotopic (exact) mass is 187 g/mol. The average molecular weight is 187 g/mol. The largest absolute Gasteiger partial charge is 0.382 e. The third kappa shape index (κ3) is 1.53. The second kappa shape index (κ2) is 3.48. The van der Waals surface area contributed by atoms with Crippen molar-refractivity contribution in [3.8, 4) is 0 Å². The van der Waals surface area contributed by atoms with Crippen molar-refractivity contribution in [2.75, 3.05) is 12.4 Å². The van der Waals surface area contributed by atoms with Gasteiger partial charge in [-0.2, -0.15) is 12.6 Å². The smallest absolute Gasteiger partial charge is 0.326 e. The van der Waals surface area contributed by atoms with Crippen LogP contribution in [0.2, 0.25) is 0 Å². The van der Waals surface area contributed by atoms with E-state index in [4.69, 9.17) is 0 Å². The van der Waals surface area contributed by atoms with Crippen LogP contribution in [-0.4, -0.2) is 17.0 Å². The minimum Gasteiger partial charge on any atom is -0.382 e. The molecule has 1 aromatic heterocycles. The van der Waals surface area contributed by atoms with Gasteiger partial charge in [0, 0.05) is 12.8 Å². The highest BCUT2D eigenvalue weighted by Gasteiger charge is 2.04. The molecule has 0 amide bonds. The summed E-state index contributed by atoms with van der Waals surface area (Å²) in [6.07, 6.45) is 0. The van der Waals surface area contributed by atoms with Crippen LogP contribution in [0.3, 0.4) is 0 Å². The quantitative estimate of drug-likeness (QED) is 0.473. The maximum Gasteiger partial charge on any atom is 0.326 e. The molecule has 1 heterocycles. The lowest BCUT2D eigenvalue weighted by Gasteiger charge is -2.02. The summed E-state index contributed by atoms with van der Waals surface area (Å²) < 4.78 is 0. The molecule has 5 nitrogen and oxygen atoms in total. The number of aromatic amines is 2. The van der Waals surface area contributed by atoms with E-state index in [9.17, 15) is 9.59 Å². The minimum absolute atomic E-state index is 0.315. The highest BCUT2D eigenvalue weighted by atomic mass is 32.1. The fourth-order valence-electron chi connectivity index (χ4n) is 0.916. The van der Waals surface area contributed by atoms with E-state index in [1.807, 2.05) is 0 Å². The fourth-order valence-corrected chi connectivity index (χ4v) is 1.15. The van der Waals surface area contributed by atoms with Crippen molar-refractivity contribution in [2.45, 2.75) is 5.75 Å². The standard InChI is InChI=1S/C6H9N3O2S/c1-7-4-3(2-12)8-6(11)9-5(4)10/h7,12H,2H2,1H3,(H2,8,9,10,11). The van der Waals surface area contributed by atoms with Crippen LogP contribution in [0.15, 0.2) is 9.59 Å². The van der Waals surface area contributed by atoms with Gasteiger partial charge in [0.15, 0.2) is 0 Å². The molecule has 3 N–H and O–H groups in total. The Balaban J connectivity index is 3.44. The highest BCUT2D eigenvalue weighted by Crippen LogP contribution is 2.04. The number of rotatable bonds is 2. The Hall–Kier alpha value is -1.17. The Kier molecular flexibility index (Phi) is 2.59. The summed E-state index contributed by atoms with van der Waals surface area (Å²) in [7, 11) is 1.61. The van der Waals surface area contributed by atoms with Gasteiger partial charge in [-0.15, -0.1) is 0 Å². The van der Waals surface area contributed by atoms with Gasteiger partial charge in [-0.3, -0.25) is 9.78 Å². The summed E-state index contributed by atoms with van der Waals surface area (Å²) in [5, 5.41) is 2.68. The maximum absolute atomic E-state index is 11.1. The normalized spacial score (nSPS) is 9.83. The zero-order valence-electron chi connectivity index (χ0n) is 6.47. The first-order chi connectivity index (χ1) is 5.69.